The van der Waals surface area contributed by atoms with Crippen LogP contribution in [0.25, 0.3) is 6.08 Å². The molecule has 0 saturated carbocycles. The average molecular weight is 240 g/mol. The summed E-state index contributed by atoms with van der Waals surface area (Å²) in [4.78, 5) is 12.0. The van der Waals surface area contributed by atoms with Crippen molar-refractivity contribution in [2.75, 3.05) is 0 Å². The van der Waals surface area contributed by atoms with Crippen LogP contribution in [0, 0.1) is 5.41 Å². The Morgan fingerprint density at radius 1 is 1.17 bits per heavy atom. The van der Waals surface area contributed by atoms with Gasteiger partial charge in [-0.3, -0.25) is 4.79 Å². The first-order chi connectivity index (χ1) is 8.45. The third-order valence-electron chi connectivity index (χ3n) is 2.50. The second-order valence-corrected chi connectivity index (χ2v) is 5.19. The van der Waals surface area contributed by atoms with Gasteiger partial charge in [0.25, 0.3) is 0 Å². The lowest BCUT2D eigenvalue weighted by Crippen LogP contribution is -2.15. The summed E-state index contributed by atoms with van der Waals surface area (Å²) in [6.45, 7) is 7.92. The predicted octanol–water partition coefficient (Wildman–Crippen LogP) is 4.42. The summed E-state index contributed by atoms with van der Waals surface area (Å²) in [5.41, 5.74) is 4.69. The van der Waals surface area contributed by atoms with Crippen LogP contribution in [0.3, 0.4) is 0 Å². The van der Waals surface area contributed by atoms with Crippen LogP contribution in [0.2, 0.25) is 0 Å². The van der Waals surface area contributed by atoms with Gasteiger partial charge in [0, 0.05) is 5.57 Å². The highest BCUT2D eigenvalue weighted by atomic mass is 16.1. The Morgan fingerprint density at radius 2 is 1.78 bits per heavy atom. The third-order valence-corrected chi connectivity index (χ3v) is 2.50. The van der Waals surface area contributed by atoms with E-state index in [1.54, 1.807) is 12.2 Å². The Bertz CT molecular complexity index is 492. The summed E-state index contributed by atoms with van der Waals surface area (Å²) in [5, 5.41) is 0. The van der Waals surface area contributed by atoms with E-state index in [1.807, 2.05) is 64.1 Å². The van der Waals surface area contributed by atoms with Gasteiger partial charge in [-0.1, -0.05) is 57.2 Å². The molecule has 0 N–H and O–H groups in total. The summed E-state index contributed by atoms with van der Waals surface area (Å²) in [7, 11) is 0. The van der Waals surface area contributed by atoms with Crippen LogP contribution in [-0.2, 0) is 4.79 Å². The van der Waals surface area contributed by atoms with Crippen LogP contribution in [-0.4, -0.2) is 5.78 Å². The molecule has 0 bridgehead atoms. The number of rotatable bonds is 3. The molecule has 0 saturated heterocycles. The summed E-state index contributed by atoms with van der Waals surface area (Å²) < 4.78 is 0. The lowest BCUT2D eigenvalue weighted by molar-refractivity contribution is -0.112. The van der Waals surface area contributed by atoms with Gasteiger partial charge in [0.15, 0.2) is 5.78 Å². The molecular weight excluding hydrogens is 220 g/mol. The molecule has 18 heavy (non-hydrogen) atoms. The largest absolute Gasteiger partial charge is 0.289 e. The number of benzene rings is 1. The van der Waals surface area contributed by atoms with E-state index >= 15 is 0 Å². The van der Waals surface area contributed by atoms with E-state index < -0.39 is 0 Å². The maximum absolute atomic E-state index is 12.0. The Hall–Kier alpha value is -1.85. The molecular formula is C17H20O. The van der Waals surface area contributed by atoms with Gasteiger partial charge < -0.3 is 0 Å². The van der Waals surface area contributed by atoms with Crippen molar-refractivity contribution in [3.63, 3.8) is 0 Å². The van der Waals surface area contributed by atoms with Crippen molar-refractivity contribution >= 4 is 11.9 Å². The van der Waals surface area contributed by atoms with E-state index in [4.69, 9.17) is 0 Å². The zero-order valence-corrected chi connectivity index (χ0v) is 11.5. The topological polar surface area (TPSA) is 17.1 Å². The third kappa shape index (κ3) is 4.20. The van der Waals surface area contributed by atoms with E-state index in [0.717, 1.165) is 5.56 Å². The van der Waals surface area contributed by atoms with Gasteiger partial charge in [0.2, 0.25) is 0 Å². The fraction of sp³-hybridized carbons (Fsp3) is 0.294. The minimum absolute atomic E-state index is 0.0252. The molecule has 0 unspecified atom stereocenters. The lowest BCUT2D eigenvalue weighted by Gasteiger charge is -2.18. The Labute approximate surface area is 110 Å². The zero-order chi connectivity index (χ0) is 13.6. The van der Waals surface area contributed by atoms with Gasteiger partial charge in [-0.15, -0.1) is 5.73 Å². The molecule has 0 aliphatic heterocycles. The summed E-state index contributed by atoms with van der Waals surface area (Å²) in [6.07, 6.45) is 5.21. The number of ketones is 1. The van der Waals surface area contributed by atoms with Gasteiger partial charge >= 0.3 is 0 Å². The van der Waals surface area contributed by atoms with Gasteiger partial charge in [-0.25, -0.2) is 0 Å². The second-order valence-electron chi connectivity index (χ2n) is 5.19. The van der Waals surface area contributed by atoms with Crippen LogP contribution < -0.4 is 0 Å². The van der Waals surface area contributed by atoms with Crippen molar-refractivity contribution in [1.82, 2.24) is 0 Å². The molecule has 1 rings (SSSR count). The first-order valence-corrected chi connectivity index (χ1v) is 6.14. The van der Waals surface area contributed by atoms with E-state index in [1.165, 1.54) is 0 Å². The van der Waals surface area contributed by atoms with Crippen molar-refractivity contribution in [1.29, 1.82) is 0 Å². The van der Waals surface area contributed by atoms with Gasteiger partial charge in [-0.05, 0) is 30.1 Å². The molecule has 1 heteroatoms. The van der Waals surface area contributed by atoms with Crippen LogP contribution in [0.15, 0.2) is 53.8 Å². The van der Waals surface area contributed by atoms with Crippen LogP contribution in [0.5, 0.6) is 0 Å². The fourth-order valence-corrected chi connectivity index (χ4v) is 1.60. The Kier molecular flexibility index (Phi) is 4.88. The van der Waals surface area contributed by atoms with Crippen LogP contribution >= 0.6 is 0 Å². The van der Waals surface area contributed by atoms with Gasteiger partial charge in [-0.2, -0.15) is 0 Å². The zero-order valence-electron chi connectivity index (χ0n) is 11.5. The Morgan fingerprint density at radius 3 is 2.28 bits per heavy atom. The normalized spacial score (nSPS) is 11.1. The highest BCUT2D eigenvalue weighted by Gasteiger charge is 2.21. The van der Waals surface area contributed by atoms with E-state index in [-0.39, 0.29) is 11.2 Å². The van der Waals surface area contributed by atoms with E-state index in [2.05, 4.69) is 5.73 Å². The van der Waals surface area contributed by atoms with E-state index in [0.29, 0.717) is 5.57 Å². The molecule has 1 aromatic rings. The van der Waals surface area contributed by atoms with Crippen molar-refractivity contribution in [3.8, 4) is 0 Å². The number of hydrogen-bond acceptors (Lipinski definition) is 1. The highest BCUT2D eigenvalue weighted by molar-refractivity contribution is 6.04. The molecule has 94 valence electrons. The molecule has 0 radical (unpaired) electrons. The number of carbonyl (C=O) groups is 1. The predicted molar refractivity (Wildman–Crippen MR) is 77.2 cm³/mol. The molecule has 1 nitrogen and oxygen atoms in total. The SMILES string of the molecule is C/C=C/C(=O)C(=C=Cc1ccccc1)C(C)(C)C. The first kappa shape index (κ1) is 14.2. The summed E-state index contributed by atoms with van der Waals surface area (Å²) in [5.74, 6) is 0.0252. The van der Waals surface area contributed by atoms with E-state index in [9.17, 15) is 4.79 Å². The van der Waals surface area contributed by atoms with Crippen LogP contribution in [0.1, 0.15) is 33.3 Å². The van der Waals surface area contributed by atoms with Crippen LogP contribution in [0.4, 0.5) is 0 Å². The Balaban J connectivity index is 3.20. The molecule has 0 aromatic heterocycles. The van der Waals surface area contributed by atoms with Crippen molar-refractivity contribution in [2.24, 2.45) is 5.41 Å². The van der Waals surface area contributed by atoms with Crippen molar-refractivity contribution in [2.45, 2.75) is 27.7 Å². The molecule has 0 atom stereocenters. The van der Waals surface area contributed by atoms with Gasteiger partial charge in [0.1, 0.15) is 0 Å². The highest BCUT2D eigenvalue weighted by Crippen LogP contribution is 2.25. The maximum Gasteiger partial charge on any atom is 0.189 e. The molecule has 0 heterocycles. The molecule has 0 aliphatic rings. The molecule has 0 fully saturated rings. The average Bonchev–Trinajstić information content (AvgIpc) is 2.29. The lowest BCUT2D eigenvalue weighted by atomic mass is 9.84. The molecule has 0 amide bonds. The quantitative estimate of drug-likeness (QED) is 0.564. The standard InChI is InChI=1S/C17H20O/c1-5-9-16(18)15(17(2,3)4)13-12-14-10-7-6-8-11-14/h5-12H,1-4H3/b9-5+. The molecule has 0 spiro atoms. The minimum Gasteiger partial charge on any atom is -0.289 e. The molecule has 1 aromatic carbocycles. The smallest absolute Gasteiger partial charge is 0.189 e. The maximum atomic E-state index is 12.0. The fourth-order valence-electron chi connectivity index (χ4n) is 1.60. The number of carbonyl (C=O) groups excluding carboxylic acids is 1. The summed E-state index contributed by atoms with van der Waals surface area (Å²) in [6, 6.07) is 9.90. The first-order valence-electron chi connectivity index (χ1n) is 6.14. The van der Waals surface area contributed by atoms with Crippen molar-refractivity contribution < 1.29 is 4.79 Å². The number of hydrogen-bond donors (Lipinski definition) is 0. The molecule has 0 aliphatic carbocycles. The minimum atomic E-state index is -0.206. The number of allylic oxidation sites excluding steroid dienone is 3. The van der Waals surface area contributed by atoms with Crippen molar-refractivity contribution in [3.05, 3.63) is 59.4 Å². The van der Waals surface area contributed by atoms with Gasteiger partial charge in [0.05, 0.1) is 0 Å². The summed E-state index contributed by atoms with van der Waals surface area (Å²) >= 11 is 0. The monoisotopic (exact) mass is 240 g/mol. The second kappa shape index (κ2) is 6.18.